The van der Waals surface area contributed by atoms with Gasteiger partial charge < -0.3 is 15.4 Å². The Balaban J connectivity index is 1.77. The fourth-order valence-electron chi connectivity index (χ4n) is 2.46. The Hall–Kier alpha value is -2.73. The first-order valence-electron chi connectivity index (χ1n) is 8.90. The third-order valence-electron chi connectivity index (χ3n) is 3.87. The fraction of sp³-hybridized carbons (Fsp3) is 0.333. The number of rotatable bonds is 9. The third kappa shape index (κ3) is 7.58. The molecule has 2 rings (SSSR count). The predicted octanol–water partition coefficient (Wildman–Crippen LogP) is 2.73. The molecule has 0 unspecified atom stereocenters. The maximum Gasteiger partial charge on any atom is 0.239 e. The lowest BCUT2D eigenvalue weighted by atomic mass is 10.1. The second-order valence-electron chi connectivity index (χ2n) is 6.49. The first-order chi connectivity index (χ1) is 12.9. The van der Waals surface area contributed by atoms with Crippen LogP contribution in [0.25, 0.3) is 0 Å². The Morgan fingerprint density at radius 1 is 1.00 bits per heavy atom. The van der Waals surface area contributed by atoms with Crippen molar-refractivity contribution in [1.82, 2.24) is 10.6 Å². The van der Waals surface area contributed by atoms with Gasteiger partial charge in [-0.2, -0.15) is 0 Å². The van der Waals surface area contributed by atoms with Crippen molar-refractivity contribution < 1.29 is 18.7 Å². The van der Waals surface area contributed by atoms with Gasteiger partial charge in [0.1, 0.15) is 5.82 Å². The second kappa shape index (κ2) is 10.4. The van der Waals surface area contributed by atoms with E-state index in [4.69, 9.17) is 4.74 Å². The molecule has 0 radical (unpaired) electrons. The lowest BCUT2D eigenvalue weighted by Crippen LogP contribution is -2.37. The van der Waals surface area contributed by atoms with E-state index in [0.717, 1.165) is 11.1 Å². The van der Waals surface area contributed by atoms with Gasteiger partial charge in [-0.15, -0.1) is 0 Å². The molecule has 0 atom stereocenters. The van der Waals surface area contributed by atoms with Gasteiger partial charge in [0.15, 0.2) is 0 Å². The molecule has 0 aliphatic heterocycles. The zero-order valence-corrected chi connectivity index (χ0v) is 15.6. The van der Waals surface area contributed by atoms with E-state index in [1.807, 2.05) is 38.1 Å². The molecule has 0 heterocycles. The maximum atomic E-state index is 13.1. The summed E-state index contributed by atoms with van der Waals surface area (Å²) in [5, 5.41) is 5.33. The molecular formula is C21H25FN2O3. The molecule has 2 aromatic rings. The largest absolute Gasteiger partial charge is 0.374 e. The van der Waals surface area contributed by atoms with Crippen molar-refractivity contribution >= 4 is 11.8 Å². The Labute approximate surface area is 158 Å². The highest BCUT2D eigenvalue weighted by atomic mass is 19.1. The Bertz CT molecular complexity index is 778. The monoisotopic (exact) mass is 372 g/mol. The molecule has 0 fully saturated rings. The molecule has 0 spiro atoms. The Kier molecular flexibility index (Phi) is 7.95. The number of carbonyl (C=O) groups is 2. The van der Waals surface area contributed by atoms with Gasteiger partial charge in [0, 0.05) is 6.54 Å². The molecule has 2 N–H and O–H groups in total. The summed E-state index contributed by atoms with van der Waals surface area (Å²) in [6.07, 6.45) is 0.154. The van der Waals surface area contributed by atoms with E-state index in [1.54, 1.807) is 12.1 Å². The topological polar surface area (TPSA) is 67.4 Å². The molecule has 0 aliphatic carbocycles. The van der Waals surface area contributed by atoms with Crippen molar-refractivity contribution in [2.45, 2.75) is 39.5 Å². The van der Waals surface area contributed by atoms with Crippen LogP contribution in [0.2, 0.25) is 0 Å². The van der Waals surface area contributed by atoms with Crippen molar-refractivity contribution in [2.24, 2.45) is 0 Å². The zero-order chi connectivity index (χ0) is 19.6. The van der Waals surface area contributed by atoms with Gasteiger partial charge in [-0.25, -0.2) is 4.39 Å². The molecule has 0 bridgehead atoms. The molecule has 144 valence electrons. The number of hydrogen-bond acceptors (Lipinski definition) is 3. The van der Waals surface area contributed by atoms with Crippen LogP contribution in [0.4, 0.5) is 4.39 Å². The van der Waals surface area contributed by atoms with Crippen molar-refractivity contribution in [3.63, 3.8) is 0 Å². The molecule has 0 saturated carbocycles. The van der Waals surface area contributed by atoms with E-state index < -0.39 is 5.82 Å². The number of ether oxygens (including phenoxy) is 1. The van der Waals surface area contributed by atoms with Crippen LogP contribution in [0, 0.1) is 5.82 Å². The van der Waals surface area contributed by atoms with Crippen LogP contribution in [-0.4, -0.2) is 24.5 Å². The minimum absolute atomic E-state index is 0.0282. The SMILES string of the molecule is CC(C)OCc1ccccc1CNC(=O)CNC(=O)Cc1cccc(F)c1. The highest BCUT2D eigenvalue weighted by Gasteiger charge is 2.09. The molecule has 0 saturated heterocycles. The van der Waals surface area contributed by atoms with Crippen LogP contribution >= 0.6 is 0 Å². The van der Waals surface area contributed by atoms with E-state index in [1.165, 1.54) is 12.1 Å². The van der Waals surface area contributed by atoms with E-state index in [2.05, 4.69) is 10.6 Å². The zero-order valence-electron chi connectivity index (χ0n) is 15.6. The fourth-order valence-corrected chi connectivity index (χ4v) is 2.46. The standard InChI is InChI=1S/C21H25FN2O3/c1-15(2)27-14-18-8-4-3-7-17(18)12-23-21(26)13-24-20(25)11-16-6-5-9-19(22)10-16/h3-10,15H,11-14H2,1-2H3,(H,23,26)(H,24,25). The van der Waals surface area contributed by atoms with Gasteiger partial charge in [-0.3, -0.25) is 9.59 Å². The molecule has 0 aromatic heterocycles. The number of nitrogens with one attached hydrogen (secondary N) is 2. The molecule has 2 amide bonds. The summed E-state index contributed by atoms with van der Waals surface area (Å²) in [6, 6.07) is 13.6. The van der Waals surface area contributed by atoms with Gasteiger partial charge in [0.25, 0.3) is 0 Å². The molecular weight excluding hydrogens is 347 g/mol. The van der Waals surface area contributed by atoms with Crippen LogP contribution in [0.1, 0.15) is 30.5 Å². The highest BCUT2D eigenvalue weighted by Crippen LogP contribution is 2.11. The minimum atomic E-state index is -0.391. The second-order valence-corrected chi connectivity index (χ2v) is 6.49. The van der Waals surface area contributed by atoms with Crippen molar-refractivity contribution in [3.05, 3.63) is 71.0 Å². The summed E-state index contributed by atoms with van der Waals surface area (Å²) in [5.74, 6) is -1.01. The lowest BCUT2D eigenvalue weighted by Gasteiger charge is -2.13. The Morgan fingerprint density at radius 2 is 1.74 bits per heavy atom. The van der Waals surface area contributed by atoms with E-state index in [9.17, 15) is 14.0 Å². The first kappa shape index (κ1) is 20.6. The number of carbonyl (C=O) groups excluding carboxylic acids is 2. The van der Waals surface area contributed by atoms with Gasteiger partial charge in [0.05, 0.1) is 25.7 Å². The van der Waals surface area contributed by atoms with Crippen molar-refractivity contribution in [3.8, 4) is 0 Å². The summed E-state index contributed by atoms with van der Waals surface area (Å²) >= 11 is 0. The lowest BCUT2D eigenvalue weighted by molar-refractivity contribution is -0.125. The van der Waals surface area contributed by atoms with Crippen molar-refractivity contribution in [1.29, 1.82) is 0 Å². The maximum absolute atomic E-state index is 13.1. The number of halogens is 1. The molecule has 2 aromatic carbocycles. The van der Waals surface area contributed by atoms with Gasteiger partial charge >= 0.3 is 0 Å². The number of amides is 2. The van der Waals surface area contributed by atoms with E-state index in [0.29, 0.717) is 18.7 Å². The van der Waals surface area contributed by atoms with Crippen molar-refractivity contribution in [2.75, 3.05) is 6.54 Å². The van der Waals surface area contributed by atoms with Gasteiger partial charge in [-0.05, 0) is 42.7 Å². The average molecular weight is 372 g/mol. The first-order valence-corrected chi connectivity index (χ1v) is 8.90. The quantitative estimate of drug-likeness (QED) is 0.711. The molecule has 5 nitrogen and oxygen atoms in total. The van der Waals surface area contributed by atoms with Crippen LogP contribution in [-0.2, 0) is 33.9 Å². The smallest absolute Gasteiger partial charge is 0.239 e. The molecule has 0 aliphatic rings. The molecule has 6 heteroatoms. The number of hydrogen-bond donors (Lipinski definition) is 2. The highest BCUT2D eigenvalue weighted by molar-refractivity contribution is 5.85. The van der Waals surface area contributed by atoms with Crippen LogP contribution < -0.4 is 10.6 Å². The third-order valence-corrected chi connectivity index (χ3v) is 3.87. The van der Waals surface area contributed by atoms with Gasteiger partial charge in [0.2, 0.25) is 11.8 Å². The minimum Gasteiger partial charge on any atom is -0.374 e. The van der Waals surface area contributed by atoms with E-state index in [-0.39, 0.29) is 30.9 Å². The summed E-state index contributed by atoms with van der Waals surface area (Å²) in [6.45, 7) is 4.65. The Morgan fingerprint density at radius 3 is 2.44 bits per heavy atom. The normalized spacial score (nSPS) is 10.7. The molecule has 27 heavy (non-hydrogen) atoms. The summed E-state index contributed by atoms with van der Waals surface area (Å²) < 4.78 is 18.7. The van der Waals surface area contributed by atoms with Crippen LogP contribution in [0.15, 0.2) is 48.5 Å². The van der Waals surface area contributed by atoms with Gasteiger partial charge in [-0.1, -0.05) is 36.4 Å². The number of benzene rings is 2. The summed E-state index contributed by atoms with van der Waals surface area (Å²) in [5.41, 5.74) is 2.55. The van der Waals surface area contributed by atoms with Crippen LogP contribution in [0.5, 0.6) is 0 Å². The summed E-state index contributed by atoms with van der Waals surface area (Å²) in [7, 11) is 0. The average Bonchev–Trinajstić information content (AvgIpc) is 2.63. The summed E-state index contributed by atoms with van der Waals surface area (Å²) in [4.78, 5) is 23.9. The van der Waals surface area contributed by atoms with E-state index >= 15 is 0 Å². The predicted molar refractivity (Wildman–Crippen MR) is 101 cm³/mol. The van der Waals surface area contributed by atoms with Crippen LogP contribution in [0.3, 0.4) is 0 Å².